The molecule has 0 aliphatic rings. The van der Waals surface area contributed by atoms with E-state index in [0.717, 1.165) is 44.9 Å². The van der Waals surface area contributed by atoms with Crippen LogP contribution in [0.4, 0.5) is 0 Å². The van der Waals surface area contributed by atoms with Gasteiger partial charge in [0.05, 0.1) is 13.2 Å². The predicted octanol–water partition coefficient (Wildman–Crippen LogP) is 3.44. The second-order valence-corrected chi connectivity index (χ2v) is 4.68. The summed E-state index contributed by atoms with van der Waals surface area (Å²) in [7, 11) is 1.43. The monoisotopic (exact) mass is 244 g/mol. The number of esters is 1. The van der Waals surface area contributed by atoms with Gasteiger partial charge in [0.15, 0.2) is 0 Å². The number of hydrogen-bond donors (Lipinski definition) is 1. The highest BCUT2D eigenvalue weighted by Crippen LogP contribution is 2.12. The summed E-state index contributed by atoms with van der Waals surface area (Å²) < 4.78 is 4.57. The number of aliphatic hydroxyl groups excluding tert-OH is 1. The van der Waals surface area contributed by atoms with Gasteiger partial charge in [-0.1, -0.05) is 45.4 Å². The Morgan fingerprint density at radius 1 is 1.06 bits per heavy atom. The molecule has 17 heavy (non-hydrogen) atoms. The molecule has 3 heteroatoms. The van der Waals surface area contributed by atoms with Crippen LogP contribution in [0.5, 0.6) is 0 Å². The summed E-state index contributed by atoms with van der Waals surface area (Å²) in [6.45, 7) is 2.17. The molecular weight excluding hydrogens is 216 g/mol. The number of methoxy groups -OCH3 is 1. The van der Waals surface area contributed by atoms with Crippen LogP contribution >= 0.6 is 0 Å². The Bertz CT molecular complexity index is 180. The van der Waals surface area contributed by atoms with Gasteiger partial charge < -0.3 is 9.84 Å². The summed E-state index contributed by atoms with van der Waals surface area (Å²) in [5.41, 5.74) is 0. The summed E-state index contributed by atoms with van der Waals surface area (Å²) in [5.74, 6) is -0.121. The quantitative estimate of drug-likeness (QED) is 0.447. The maximum atomic E-state index is 10.8. The van der Waals surface area contributed by atoms with Crippen LogP contribution in [-0.2, 0) is 9.53 Å². The van der Waals surface area contributed by atoms with Gasteiger partial charge in [0.1, 0.15) is 0 Å². The van der Waals surface area contributed by atoms with E-state index < -0.39 is 0 Å². The Labute approximate surface area is 106 Å². The van der Waals surface area contributed by atoms with Crippen molar-refractivity contribution in [3.05, 3.63) is 0 Å². The Morgan fingerprint density at radius 2 is 1.65 bits per heavy atom. The fraction of sp³-hybridized carbons (Fsp3) is 0.929. The fourth-order valence-corrected chi connectivity index (χ4v) is 1.88. The van der Waals surface area contributed by atoms with E-state index in [0.29, 0.717) is 6.42 Å². The van der Waals surface area contributed by atoms with Crippen LogP contribution < -0.4 is 0 Å². The average Bonchev–Trinajstić information content (AvgIpc) is 2.33. The molecule has 0 saturated heterocycles. The van der Waals surface area contributed by atoms with Gasteiger partial charge in [0, 0.05) is 6.42 Å². The first-order valence-electron chi connectivity index (χ1n) is 6.95. The lowest BCUT2D eigenvalue weighted by Gasteiger charge is -2.09. The first kappa shape index (κ1) is 16.4. The van der Waals surface area contributed by atoms with E-state index in [1.54, 1.807) is 0 Å². The van der Waals surface area contributed by atoms with Crippen molar-refractivity contribution in [2.45, 2.75) is 77.2 Å². The molecule has 0 rings (SSSR count). The largest absolute Gasteiger partial charge is 0.469 e. The lowest BCUT2D eigenvalue weighted by molar-refractivity contribution is -0.140. The molecule has 1 unspecified atom stereocenters. The smallest absolute Gasteiger partial charge is 0.305 e. The third-order valence-electron chi connectivity index (χ3n) is 3.04. The summed E-state index contributed by atoms with van der Waals surface area (Å²) >= 11 is 0. The van der Waals surface area contributed by atoms with Crippen molar-refractivity contribution < 1.29 is 14.6 Å². The van der Waals surface area contributed by atoms with Gasteiger partial charge in [-0.05, 0) is 19.3 Å². The van der Waals surface area contributed by atoms with Gasteiger partial charge >= 0.3 is 5.97 Å². The van der Waals surface area contributed by atoms with Gasteiger partial charge in [-0.15, -0.1) is 0 Å². The lowest BCUT2D eigenvalue weighted by atomic mass is 10.0. The standard InChI is InChI=1S/C14H28O3/c1-3-4-7-10-13(15)11-8-5-6-9-12-14(16)17-2/h13,15H,3-12H2,1-2H3. The molecule has 0 amide bonds. The molecule has 0 aromatic carbocycles. The van der Waals surface area contributed by atoms with Gasteiger partial charge in [0.25, 0.3) is 0 Å². The number of hydrogen-bond acceptors (Lipinski definition) is 3. The fourth-order valence-electron chi connectivity index (χ4n) is 1.88. The Balaban J connectivity index is 3.18. The number of aliphatic hydroxyl groups is 1. The van der Waals surface area contributed by atoms with E-state index in [2.05, 4.69) is 11.7 Å². The van der Waals surface area contributed by atoms with Gasteiger partial charge in [-0.2, -0.15) is 0 Å². The summed E-state index contributed by atoms with van der Waals surface area (Å²) in [6.07, 6.45) is 9.93. The van der Waals surface area contributed by atoms with E-state index in [4.69, 9.17) is 0 Å². The number of ether oxygens (including phenoxy) is 1. The van der Waals surface area contributed by atoms with Crippen molar-refractivity contribution in [1.82, 2.24) is 0 Å². The van der Waals surface area contributed by atoms with Crippen molar-refractivity contribution >= 4 is 5.97 Å². The first-order valence-corrected chi connectivity index (χ1v) is 6.95. The number of carbonyl (C=O) groups excluding carboxylic acids is 1. The van der Waals surface area contributed by atoms with Gasteiger partial charge in [-0.25, -0.2) is 0 Å². The van der Waals surface area contributed by atoms with Crippen molar-refractivity contribution in [2.24, 2.45) is 0 Å². The summed E-state index contributed by atoms with van der Waals surface area (Å²) in [5, 5.41) is 9.68. The first-order chi connectivity index (χ1) is 8.20. The molecule has 0 spiro atoms. The highest BCUT2D eigenvalue weighted by molar-refractivity contribution is 5.68. The number of carbonyl (C=O) groups is 1. The zero-order valence-corrected chi connectivity index (χ0v) is 11.4. The van der Waals surface area contributed by atoms with Crippen molar-refractivity contribution in [3.8, 4) is 0 Å². The zero-order valence-electron chi connectivity index (χ0n) is 11.4. The molecule has 3 nitrogen and oxygen atoms in total. The third-order valence-corrected chi connectivity index (χ3v) is 3.04. The molecule has 0 saturated carbocycles. The minimum absolute atomic E-state index is 0.121. The van der Waals surface area contributed by atoms with Gasteiger partial charge in [-0.3, -0.25) is 4.79 Å². The van der Waals surface area contributed by atoms with Gasteiger partial charge in [0.2, 0.25) is 0 Å². The van der Waals surface area contributed by atoms with Crippen molar-refractivity contribution in [3.63, 3.8) is 0 Å². The molecule has 0 radical (unpaired) electrons. The van der Waals surface area contributed by atoms with Crippen LogP contribution in [0.2, 0.25) is 0 Å². The minimum Gasteiger partial charge on any atom is -0.469 e. The molecule has 0 fully saturated rings. The molecule has 0 aromatic heterocycles. The molecule has 1 N–H and O–H groups in total. The number of rotatable bonds is 11. The van der Waals surface area contributed by atoms with Crippen molar-refractivity contribution in [1.29, 1.82) is 0 Å². The normalized spacial score (nSPS) is 12.4. The van der Waals surface area contributed by atoms with Crippen LogP contribution in [0.1, 0.15) is 71.1 Å². The molecule has 0 aliphatic carbocycles. The Kier molecular flexibility index (Phi) is 11.5. The number of unbranched alkanes of at least 4 members (excludes halogenated alkanes) is 5. The second-order valence-electron chi connectivity index (χ2n) is 4.68. The third kappa shape index (κ3) is 11.7. The average molecular weight is 244 g/mol. The highest BCUT2D eigenvalue weighted by atomic mass is 16.5. The SMILES string of the molecule is CCCCCC(O)CCCCCCC(=O)OC. The van der Waals surface area contributed by atoms with E-state index in [-0.39, 0.29) is 12.1 Å². The molecular formula is C14H28O3. The topological polar surface area (TPSA) is 46.5 Å². The van der Waals surface area contributed by atoms with Crippen LogP contribution in [0.15, 0.2) is 0 Å². The summed E-state index contributed by atoms with van der Waals surface area (Å²) in [4.78, 5) is 10.8. The Morgan fingerprint density at radius 3 is 2.24 bits per heavy atom. The van der Waals surface area contributed by atoms with E-state index >= 15 is 0 Å². The zero-order chi connectivity index (χ0) is 12.9. The predicted molar refractivity (Wildman–Crippen MR) is 69.9 cm³/mol. The minimum atomic E-state index is -0.123. The van der Waals surface area contributed by atoms with Crippen molar-refractivity contribution in [2.75, 3.05) is 7.11 Å². The van der Waals surface area contributed by atoms with E-state index in [1.807, 2.05) is 0 Å². The van der Waals surface area contributed by atoms with Crippen LogP contribution in [0.25, 0.3) is 0 Å². The molecule has 0 aliphatic heterocycles. The molecule has 1 atom stereocenters. The van der Waals surface area contributed by atoms with E-state index in [1.165, 1.54) is 20.0 Å². The maximum absolute atomic E-state index is 10.8. The van der Waals surface area contributed by atoms with Crippen LogP contribution in [-0.4, -0.2) is 24.3 Å². The molecule has 0 bridgehead atoms. The molecule has 102 valence electrons. The van der Waals surface area contributed by atoms with E-state index in [9.17, 15) is 9.90 Å². The molecule has 0 aromatic rings. The molecule has 0 heterocycles. The maximum Gasteiger partial charge on any atom is 0.305 e. The summed E-state index contributed by atoms with van der Waals surface area (Å²) in [6, 6.07) is 0. The second kappa shape index (κ2) is 11.9. The highest BCUT2D eigenvalue weighted by Gasteiger charge is 2.04. The van der Waals surface area contributed by atoms with Crippen LogP contribution in [0, 0.1) is 0 Å². The lowest BCUT2D eigenvalue weighted by Crippen LogP contribution is -2.06. The Hall–Kier alpha value is -0.570. The van der Waals surface area contributed by atoms with Crippen LogP contribution in [0.3, 0.4) is 0 Å².